The number of hydrogen-bond donors (Lipinski definition) is 0. The van der Waals surface area contributed by atoms with Crippen LogP contribution in [-0.2, 0) is 13.0 Å². The minimum absolute atomic E-state index is 0.156. The highest BCUT2D eigenvalue weighted by Gasteiger charge is 2.23. The van der Waals surface area contributed by atoms with Crippen molar-refractivity contribution in [2.24, 2.45) is 0 Å². The van der Waals surface area contributed by atoms with E-state index >= 15 is 0 Å². The molecule has 0 unspecified atom stereocenters. The molecule has 0 spiro atoms. The van der Waals surface area contributed by atoms with E-state index in [9.17, 15) is 4.39 Å². The molecule has 0 radical (unpaired) electrons. The second-order valence-electron chi connectivity index (χ2n) is 7.91. The van der Waals surface area contributed by atoms with Gasteiger partial charge in [-0.3, -0.25) is 4.68 Å². The van der Waals surface area contributed by atoms with Crippen LogP contribution in [-0.4, -0.2) is 53.0 Å². The molecule has 11 heteroatoms. The summed E-state index contributed by atoms with van der Waals surface area (Å²) in [5.41, 5.74) is 2.41. The van der Waals surface area contributed by atoms with E-state index in [1.54, 1.807) is 12.1 Å². The molecule has 1 fully saturated rings. The van der Waals surface area contributed by atoms with Crippen LogP contribution in [0.25, 0.3) is 5.69 Å². The zero-order valence-corrected chi connectivity index (χ0v) is 18.2. The van der Waals surface area contributed by atoms with E-state index in [1.165, 1.54) is 17.1 Å². The van der Waals surface area contributed by atoms with Crippen molar-refractivity contribution >= 4 is 5.95 Å². The lowest BCUT2D eigenvalue weighted by molar-refractivity contribution is 0.281. The standard InChI is InChI=1S/C22H24FN9O/c1-2-16-12-24-22(25-13-16)30-8-6-18(7-9-30)31-10-5-17(27-31)14-33-21-4-3-19(11-20(21)23)32-15-26-28-29-32/h3-5,10-13,15,18H,2,6-9,14H2,1H3. The Morgan fingerprint density at radius 1 is 1.12 bits per heavy atom. The average Bonchev–Trinajstić information content (AvgIpc) is 3.56. The summed E-state index contributed by atoms with van der Waals surface area (Å²) in [6.45, 7) is 4.03. The van der Waals surface area contributed by atoms with E-state index in [0.29, 0.717) is 11.7 Å². The molecular weight excluding hydrogens is 425 g/mol. The molecule has 10 nitrogen and oxygen atoms in total. The number of ether oxygens (including phenoxy) is 1. The first-order valence-corrected chi connectivity index (χ1v) is 10.9. The number of aryl methyl sites for hydroxylation is 1. The molecule has 3 aromatic heterocycles. The molecule has 0 saturated carbocycles. The van der Waals surface area contributed by atoms with Crippen LogP contribution in [0.1, 0.15) is 37.1 Å². The van der Waals surface area contributed by atoms with Crippen LogP contribution in [0.2, 0.25) is 0 Å². The molecule has 170 valence electrons. The molecule has 0 amide bonds. The molecule has 4 heterocycles. The highest BCUT2D eigenvalue weighted by Crippen LogP contribution is 2.25. The summed E-state index contributed by atoms with van der Waals surface area (Å²) < 4.78 is 23.4. The van der Waals surface area contributed by atoms with Crippen molar-refractivity contribution in [3.05, 3.63) is 66.3 Å². The Morgan fingerprint density at radius 3 is 2.64 bits per heavy atom. The van der Waals surface area contributed by atoms with Crippen molar-refractivity contribution in [2.45, 2.75) is 38.8 Å². The molecule has 0 atom stereocenters. The fraction of sp³-hybridized carbons (Fsp3) is 0.364. The van der Waals surface area contributed by atoms with Gasteiger partial charge < -0.3 is 9.64 Å². The second kappa shape index (κ2) is 9.31. The summed E-state index contributed by atoms with van der Waals surface area (Å²) >= 11 is 0. The lowest BCUT2D eigenvalue weighted by Gasteiger charge is -2.32. The average molecular weight is 449 g/mol. The smallest absolute Gasteiger partial charge is 0.225 e. The number of nitrogens with zero attached hydrogens (tertiary/aromatic N) is 9. The van der Waals surface area contributed by atoms with Crippen LogP contribution >= 0.6 is 0 Å². The second-order valence-corrected chi connectivity index (χ2v) is 7.91. The van der Waals surface area contributed by atoms with Crippen molar-refractivity contribution in [3.8, 4) is 11.4 Å². The van der Waals surface area contributed by atoms with Crippen LogP contribution in [0.15, 0.2) is 49.2 Å². The highest BCUT2D eigenvalue weighted by atomic mass is 19.1. The molecule has 5 rings (SSSR count). The Morgan fingerprint density at radius 2 is 1.94 bits per heavy atom. The normalized spacial score (nSPS) is 14.5. The van der Waals surface area contributed by atoms with Gasteiger partial charge in [-0.05, 0) is 53.5 Å². The van der Waals surface area contributed by atoms with E-state index in [2.05, 4.69) is 42.4 Å². The summed E-state index contributed by atoms with van der Waals surface area (Å²) in [7, 11) is 0. The van der Waals surface area contributed by atoms with Crippen molar-refractivity contribution in [1.29, 1.82) is 0 Å². The van der Waals surface area contributed by atoms with Crippen LogP contribution in [0, 0.1) is 5.82 Å². The molecular formula is C22H24FN9O. The first-order valence-electron chi connectivity index (χ1n) is 10.9. The van der Waals surface area contributed by atoms with Crippen LogP contribution in [0.3, 0.4) is 0 Å². The molecule has 0 bridgehead atoms. The van der Waals surface area contributed by atoms with E-state index < -0.39 is 5.82 Å². The van der Waals surface area contributed by atoms with Gasteiger partial charge in [-0.15, -0.1) is 5.10 Å². The fourth-order valence-corrected chi connectivity index (χ4v) is 3.86. The van der Waals surface area contributed by atoms with Gasteiger partial charge >= 0.3 is 0 Å². The van der Waals surface area contributed by atoms with E-state index in [-0.39, 0.29) is 12.4 Å². The Hall–Kier alpha value is -3.89. The van der Waals surface area contributed by atoms with Gasteiger partial charge in [0, 0.05) is 37.7 Å². The number of hydrogen-bond acceptors (Lipinski definition) is 8. The molecule has 33 heavy (non-hydrogen) atoms. The Bertz CT molecular complexity index is 1190. The van der Waals surface area contributed by atoms with Crippen molar-refractivity contribution < 1.29 is 9.13 Å². The number of rotatable bonds is 7. The minimum atomic E-state index is -0.482. The van der Waals surface area contributed by atoms with Crippen molar-refractivity contribution in [3.63, 3.8) is 0 Å². The summed E-state index contributed by atoms with van der Waals surface area (Å²) in [6, 6.07) is 6.80. The maximum absolute atomic E-state index is 14.4. The number of benzene rings is 1. The topological polar surface area (TPSA) is 99.7 Å². The summed E-state index contributed by atoms with van der Waals surface area (Å²) in [4.78, 5) is 11.2. The lowest BCUT2D eigenvalue weighted by atomic mass is 10.1. The van der Waals surface area contributed by atoms with Crippen molar-refractivity contribution in [2.75, 3.05) is 18.0 Å². The molecule has 1 saturated heterocycles. The zero-order chi connectivity index (χ0) is 22.6. The maximum atomic E-state index is 14.4. The first-order chi connectivity index (χ1) is 16.2. The summed E-state index contributed by atoms with van der Waals surface area (Å²) in [5, 5.41) is 15.5. The Labute approximate surface area is 190 Å². The van der Waals surface area contributed by atoms with Gasteiger partial charge in [0.1, 0.15) is 12.9 Å². The van der Waals surface area contributed by atoms with Crippen LogP contribution in [0.5, 0.6) is 5.75 Å². The summed E-state index contributed by atoms with van der Waals surface area (Å²) in [6.07, 6.45) is 10.0. The molecule has 4 aromatic rings. The molecule has 0 aliphatic carbocycles. The maximum Gasteiger partial charge on any atom is 0.225 e. The van der Waals surface area contributed by atoms with E-state index in [4.69, 9.17) is 4.74 Å². The third-order valence-corrected chi connectivity index (χ3v) is 5.79. The number of anilines is 1. The monoisotopic (exact) mass is 449 g/mol. The molecule has 0 N–H and O–H groups in total. The molecule has 1 aliphatic heterocycles. The predicted molar refractivity (Wildman–Crippen MR) is 118 cm³/mol. The number of piperidine rings is 1. The number of tetrazole rings is 1. The molecule has 1 aliphatic rings. The quantitative estimate of drug-likeness (QED) is 0.425. The van der Waals surface area contributed by atoms with Crippen LogP contribution in [0.4, 0.5) is 10.3 Å². The third-order valence-electron chi connectivity index (χ3n) is 5.79. The van der Waals surface area contributed by atoms with Gasteiger partial charge in [0.05, 0.1) is 17.4 Å². The number of aromatic nitrogens is 8. The van der Waals surface area contributed by atoms with Gasteiger partial charge in [-0.25, -0.2) is 19.0 Å². The van der Waals surface area contributed by atoms with E-state index in [0.717, 1.165) is 49.6 Å². The van der Waals surface area contributed by atoms with Gasteiger partial charge in [-0.1, -0.05) is 6.92 Å². The predicted octanol–water partition coefficient (Wildman–Crippen LogP) is 2.77. The minimum Gasteiger partial charge on any atom is -0.484 e. The van der Waals surface area contributed by atoms with Crippen molar-refractivity contribution in [1.82, 2.24) is 40.0 Å². The van der Waals surface area contributed by atoms with E-state index in [1.807, 2.05) is 29.3 Å². The van der Waals surface area contributed by atoms with Gasteiger partial charge in [-0.2, -0.15) is 5.10 Å². The van der Waals surface area contributed by atoms with Crippen LogP contribution < -0.4 is 9.64 Å². The van der Waals surface area contributed by atoms with Gasteiger partial charge in [0.15, 0.2) is 11.6 Å². The lowest BCUT2D eigenvalue weighted by Crippen LogP contribution is -2.35. The Kier molecular flexibility index (Phi) is 5.92. The first kappa shape index (κ1) is 21.0. The fourth-order valence-electron chi connectivity index (χ4n) is 3.86. The third kappa shape index (κ3) is 4.66. The Balaban J connectivity index is 1.16. The van der Waals surface area contributed by atoms with Gasteiger partial charge in [0.2, 0.25) is 5.95 Å². The highest BCUT2D eigenvalue weighted by molar-refractivity contribution is 5.37. The number of halogens is 1. The molecule has 1 aromatic carbocycles. The summed E-state index contributed by atoms with van der Waals surface area (Å²) in [5.74, 6) is 0.459. The zero-order valence-electron chi connectivity index (χ0n) is 18.2. The van der Waals surface area contributed by atoms with Gasteiger partial charge in [0.25, 0.3) is 0 Å². The SMILES string of the molecule is CCc1cnc(N2CCC(n3ccc(COc4ccc(-n5cnnn5)cc4F)n3)CC2)nc1. The largest absolute Gasteiger partial charge is 0.484 e.